The number of carbonyl (C=O) groups is 1. The zero-order chi connectivity index (χ0) is 21.3. The van der Waals surface area contributed by atoms with Crippen LogP contribution in [0.3, 0.4) is 0 Å². The summed E-state index contributed by atoms with van der Waals surface area (Å²) in [6.07, 6.45) is 1.86. The van der Waals surface area contributed by atoms with Gasteiger partial charge in [0.1, 0.15) is 5.82 Å². The molecule has 0 saturated carbocycles. The number of benzene rings is 2. The Kier molecular flexibility index (Phi) is 5.76. The number of nitrogens with zero attached hydrogens (tertiary/aromatic N) is 3. The van der Waals surface area contributed by atoms with E-state index >= 15 is 0 Å². The van der Waals surface area contributed by atoms with Crippen molar-refractivity contribution >= 4 is 22.6 Å². The number of aryl methyl sites for hydroxylation is 1. The monoisotopic (exact) mass is 416 g/mol. The number of hydrogen-bond acceptors (Lipinski definition) is 3. The molecule has 1 saturated heterocycles. The van der Waals surface area contributed by atoms with Gasteiger partial charge in [0.25, 0.3) is 0 Å². The van der Waals surface area contributed by atoms with E-state index in [2.05, 4.69) is 20.9 Å². The van der Waals surface area contributed by atoms with E-state index in [1.54, 1.807) is 0 Å². The van der Waals surface area contributed by atoms with Gasteiger partial charge in [-0.3, -0.25) is 9.69 Å². The van der Waals surface area contributed by atoms with Gasteiger partial charge < -0.3 is 9.88 Å². The Hall–Kier alpha value is -2.87. The first-order chi connectivity index (χ1) is 14.4. The molecule has 5 nitrogen and oxygen atoms in total. The highest BCUT2D eigenvalue weighted by molar-refractivity contribution is 5.92. The lowest BCUT2D eigenvalue weighted by Gasteiger charge is -2.31. The van der Waals surface area contributed by atoms with E-state index in [0.717, 1.165) is 61.5 Å². The van der Waals surface area contributed by atoms with E-state index in [4.69, 9.17) is 0 Å². The van der Waals surface area contributed by atoms with Crippen LogP contribution in [0.5, 0.6) is 0 Å². The first-order valence-electron chi connectivity index (χ1n) is 10.00. The van der Waals surface area contributed by atoms with Crippen molar-refractivity contribution in [3.05, 3.63) is 59.7 Å². The second-order valence-electron chi connectivity index (χ2n) is 7.75. The minimum atomic E-state index is -1.59. The molecule has 2 aromatic carbocycles. The number of nitrogens with one attached hydrogen (secondary N) is 1. The van der Waals surface area contributed by atoms with Crippen LogP contribution in [0.25, 0.3) is 11.0 Å². The van der Waals surface area contributed by atoms with Crippen molar-refractivity contribution in [1.82, 2.24) is 14.5 Å². The smallest absolute Gasteiger partial charge is 0.238 e. The number of para-hydroxylation sites is 2. The number of amides is 1. The van der Waals surface area contributed by atoms with Crippen molar-refractivity contribution in [3.63, 3.8) is 0 Å². The standard InChI is InChI=1S/C22H23F3N4O/c1-14-26-17-4-2-3-5-19(17)29(14)12-15-8-10-28(11-9-15)13-20(30)27-18-7-6-16(23)21(24)22(18)25/h2-7,15H,8-13H2,1H3,(H,27,30). The Morgan fingerprint density at radius 2 is 1.83 bits per heavy atom. The molecular formula is C22H23F3N4O. The predicted molar refractivity (Wildman–Crippen MR) is 109 cm³/mol. The normalized spacial score (nSPS) is 15.6. The van der Waals surface area contributed by atoms with Gasteiger partial charge in [-0.2, -0.15) is 0 Å². The number of rotatable bonds is 5. The third kappa shape index (κ3) is 4.18. The molecule has 0 spiro atoms. The number of halogens is 3. The number of imidazole rings is 1. The van der Waals surface area contributed by atoms with Crippen LogP contribution < -0.4 is 5.32 Å². The van der Waals surface area contributed by atoms with E-state index in [1.165, 1.54) is 0 Å². The Bertz CT molecular complexity index is 1070. The number of likely N-dealkylation sites (tertiary alicyclic amines) is 1. The van der Waals surface area contributed by atoms with Gasteiger partial charge >= 0.3 is 0 Å². The van der Waals surface area contributed by atoms with Crippen LogP contribution in [0, 0.1) is 30.3 Å². The molecule has 0 atom stereocenters. The van der Waals surface area contributed by atoms with Gasteiger partial charge in [-0.05, 0) is 63.0 Å². The van der Waals surface area contributed by atoms with Crippen LogP contribution in [0.2, 0.25) is 0 Å². The van der Waals surface area contributed by atoms with E-state index in [-0.39, 0.29) is 12.2 Å². The number of piperidine rings is 1. The van der Waals surface area contributed by atoms with Gasteiger partial charge in [0, 0.05) is 6.54 Å². The fourth-order valence-corrected chi connectivity index (χ4v) is 4.03. The molecule has 158 valence electrons. The summed E-state index contributed by atoms with van der Waals surface area (Å²) in [6, 6.07) is 9.89. The minimum Gasteiger partial charge on any atom is -0.328 e. The highest BCUT2D eigenvalue weighted by atomic mass is 19.2. The van der Waals surface area contributed by atoms with Gasteiger partial charge in [-0.1, -0.05) is 12.1 Å². The maximum atomic E-state index is 13.7. The van der Waals surface area contributed by atoms with E-state index in [1.807, 2.05) is 30.0 Å². The molecule has 0 aliphatic carbocycles. The average molecular weight is 416 g/mol. The number of carbonyl (C=O) groups excluding carboxylic acids is 1. The zero-order valence-corrected chi connectivity index (χ0v) is 16.7. The summed E-state index contributed by atoms with van der Waals surface area (Å²) in [6.45, 7) is 4.45. The Labute approximate surface area is 172 Å². The van der Waals surface area contributed by atoms with Gasteiger partial charge in [0.15, 0.2) is 17.5 Å². The predicted octanol–water partition coefficient (Wildman–Crippen LogP) is 4.11. The van der Waals surface area contributed by atoms with E-state index in [0.29, 0.717) is 5.92 Å². The molecule has 0 radical (unpaired) electrons. The van der Waals surface area contributed by atoms with Crippen LogP contribution in [0.1, 0.15) is 18.7 Å². The molecule has 0 bridgehead atoms. The summed E-state index contributed by atoms with van der Waals surface area (Å²) in [5, 5.41) is 2.33. The molecule has 1 aromatic heterocycles. The number of fused-ring (bicyclic) bond motifs is 1. The zero-order valence-electron chi connectivity index (χ0n) is 16.7. The second kappa shape index (κ2) is 8.47. The molecule has 4 rings (SSSR count). The molecule has 8 heteroatoms. The Morgan fingerprint density at radius 1 is 1.10 bits per heavy atom. The number of hydrogen-bond donors (Lipinski definition) is 1. The molecular weight excluding hydrogens is 393 g/mol. The lowest BCUT2D eigenvalue weighted by molar-refractivity contribution is -0.117. The number of anilines is 1. The Morgan fingerprint density at radius 3 is 2.60 bits per heavy atom. The average Bonchev–Trinajstić information content (AvgIpc) is 3.05. The molecule has 1 aliphatic rings. The summed E-state index contributed by atoms with van der Waals surface area (Å²) in [7, 11) is 0. The third-order valence-electron chi connectivity index (χ3n) is 5.67. The lowest BCUT2D eigenvalue weighted by atomic mass is 9.96. The summed E-state index contributed by atoms with van der Waals surface area (Å²) in [5.41, 5.74) is 1.77. The topological polar surface area (TPSA) is 50.2 Å². The van der Waals surface area contributed by atoms with Crippen molar-refractivity contribution in [2.45, 2.75) is 26.3 Å². The van der Waals surface area contributed by atoms with Crippen LogP contribution in [0.4, 0.5) is 18.9 Å². The number of aromatic nitrogens is 2. The molecule has 1 fully saturated rings. The van der Waals surface area contributed by atoms with Crippen LogP contribution in [0.15, 0.2) is 36.4 Å². The largest absolute Gasteiger partial charge is 0.328 e. The van der Waals surface area contributed by atoms with Crippen LogP contribution in [-0.2, 0) is 11.3 Å². The van der Waals surface area contributed by atoms with Crippen LogP contribution >= 0.6 is 0 Å². The quantitative estimate of drug-likeness (QED) is 0.637. The van der Waals surface area contributed by atoms with Crippen LogP contribution in [-0.4, -0.2) is 40.0 Å². The van der Waals surface area contributed by atoms with Gasteiger partial charge in [-0.25, -0.2) is 18.2 Å². The van der Waals surface area contributed by atoms with Crippen molar-refractivity contribution in [1.29, 1.82) is 0 Å². The summed E-state index contributed by atoms with van der Waals surface area (Å²) in [5.74, 6) is -3.24. The molecule has 1 aliphatic heterocycles. The first-order valence-corrected chi connectivity index (χ1v) is 10.00. The van der Waals surface area contributed by atoms with E-state index in [9.17, 15) is 18.0 Å². The van der Waals surface area contributed by atoms with Crippen molar-refractivity contribution in [3.8, 4) is 0 Å². The fourth-order valence-electron chi connectivity index (χ4n) is 4.03. The third-order valence-corrected chi connectivity index (χ3v) is 5.67. The van der Waals surface area contributed by atoms with Crippen molar-refractivity contribution in [2.24, 2.45) is 5.92 Å². The van der Waals surface area contributed by atoms with E-state index < -0.39 is 23.4 Å². The molecule has 2 heterocycles. The molecule has 3 aromatic rings. The summed E-state index contributed by atoms with van der Waals surface area (Å²) >= 11 is 0. The summed E-state index contributed by atoms with van der Waals surface area (Å²) in [4.78, 5) is 18.8. The highest BCUT2D eigenvalue weighted by Crippen LogP contribution is 2.24. The highest BCUT2D eigenvalue weighted by Gasteiger charge is 2.23. The molecule has 30 heavy (non-hydrogen) atoms. The van der Waals surface area contributed by atoms with Gasteiger partial charge in [0.2, 0.25) is 5.91 Å². The minimum absolute atomic E-state index is 0.0815. The van der Waals surface area contributed by atoms with Crippen molar-refractivity contribution < 1.29 is 18.0 Å². The lowest BCUT2D eigenvalue weighted by Crippen LogP contribution is -2.40. The maximum Gasteiger partial charge on any atom is 0.238 e. The molecule has 1 N–H and O–H groups in total. The van der Waals surface area contributed by atoms with Gasteiger partial charge in [-0.15, -0.1) is 0 Å². The van der Waals surface area contributed by atoms with Crippen molar-refractivity contribution in [2.75, 3.05) is 25.0 Å². The Balaban J connectivity index is 1.31. The first kappa shape index (κ1) is 20.4. The second-order valence-corrected chi connectivity index (χ2v) is 7.75. The maximum absolute atomic E-state index is 13.7. The van der Waals surface area contributed by atoms with Gasteiger partial charge in [0.05, 0.1) is 23.3 Å². The summed E-state index contributed by atoms with van der Waals surface area (Å²) < 4.78 is 42.3. The molecule has 1 amide bonds. The SMILES string of the molecule is Cc1nc2ccccc2n1CC1CCN(CC(=O)Nc2ccc(F)c(F)c2F)CC1. The molecule has 0 unspecified atom stereocenters. The fraction of sp³-hybridized carbons (Fsp3) is 0.364.